The molecule has 3 aliphatic heterocycles. The number of amides is 3. The Kier molecular flexibility index (Phi) is 10.0. The van der Waals surface area contributed by atoms with Crippen LogP contribution < -0.4 is 15.5 Å². The molecule has 0 bridgehead atoms. The van der Waals surface area contributed by atoms with Crippen molar-refractivity contribution in [2.75, 3.05) is 50.5 Å². The first-order valence-electron chi connectivity index (χ1n) is 19.8. The summed E-state index contributed by atoms with van der Waals surface area (Å²) in [5, 5.41) is 12.3. The van der Waals surface area contributed by atoms with Gasteiger partial charge in [-0.05, 0) is 67.3 Å². The zero-order valence-electron chi connectivity index (χ0n) is 32.3. The van der Waals surface area contributed by atoms with E-state index in [2.05, 4.69) is 47.2 Å². The molecule has 1 aliphatic carbocycles. The number of nitrogens with one attached hydrogen (secondary N) is 2. The Labute approximate surface area is 321 Å². The van der Waals surface area contributed by atoms with Crippen LogP contribution in [0.5, 0.6) is 0 Å². The second kappa shape index (κ2) is 15.0. The zero-order chi connectivity index (χ0) is 38.3. The summed E-state index contributed by atoms with van der Waals surface area (Å²) in [6.45, 7) is 8.96. The minimum Gasteiger partial charge on any atom is -0.371 e. The molecule has 1 atom stereocenters. The Morgan fingerprint density at radius 3 is 2.47 bits per heavy atom. The Balaban J connectivity index is 0.00000210. The van der Waals surface area contributed by atoms with Crippen molar-refractivity contribution >= 4 is 57.1 Å². The predicted molar refractivity (Wildman–Crippen MR) is 212 cm³/mol. The molecule has 1 aromatic carbocycles. The van der Waals surface area contributed by atoms with Crippen molar-refractivity contribution in [3.63, 3.8) is 0 Å². The molecule has 3 amide bonds. The van der Waals surface area contributed by atoms with Crippen LogP contribution in [0.25, 0.3) is 21.9 Å². The second-order valence-electron chi connectivity index (χ2n) is 15.6. The molecule has 4 aromatic heterocycles. The van der Waals surface area contributed by atoms with E-state index in [0.29, 0.717) is 35.7 Å². The van der Waals surface area contributed by atoms with Gasteiger partial charge in [-0.15, -0.1) is 0 Å². The lowest BCUT2D eigenvalue weighted by molar-refractivity contribution is -0.135. The quantitative estimate of drug-likeness (QED) is 0.186. The van der Waals surface area contributed by atoms with Crippen LogP contribution in [0.1, 0.15) is 93.3 Å². The normalized spacial score (nSPS) is 20.0. The monoisotopic (exact) mass is 745 g/mol. The molecule has 1 spiro atoms. The highest BCUT2D eigenvalue weighted by Gasteiger charge is 2.45. The zero-order valence-corrected chi connectivity index (χ0v) is 32.3. The molecule has 2 N–H and O–H groups in total. The first kappa shape index (κ1) is 36.6. The van der Waals surface area contributed by atoms with Crippen LogP contribution in [0.15, 0.2) is 55.0 Å². The van der Waals surface area contributed by atoms with Crippen molar-refractivity contribution in [2.45, 2.75) is 83.8 Å². The highest BCUT2D eigenvalue weighted by Crippen LogP contribution is 2.43. The molecule has 9 rings (SSSR count). The minimum absolute atomic E-state index is 0.0210. The number of carbonyl (C=O) groups excluding carboxylic acids is 3. The van der Waals surface area contributed by atoms with Gasteiger partial charge in [0.25, 0.3) is 11.8 Å². The summed E-state index contributed by atoms with van der Waals surface area (Å²) in [6, 6.07) is 12.0. The Bertz CT molecular complexity index is 2200. The van der Waals surface area contributed by atoms with Crippen molar-refractivity contribution < 1.29 is 14.4 Å². The highest BCUT2D eigenvalue weighted by molar-refractivity contribution is 6.01. The lowest BCUT2D eigenvalue weighted by Crippen LogP contribution is -2.59. The molecular formula is C41H51N11O3. The Morgan fingerprint density at radius 2 is 1.76 bits per heavy atom. The summed E-state index contributed by atoms with van der Waals surface area (Å²) >= 11 is 0. The van der Waals surface area contributed by atoms with Gasteiger partial charge in [-0.3, -0.25) is 29.3 Å². The van der Waals surface area contributed by atoms with E-state index in [-0.39, 0.29) is 23.8 Å². The number of rotatable bonds is 8. The number of imide groups is 1. The van der Waals surface area contributed by atoms with Crippen molar-refractivity contribution in [3.05, 3.63) is 66.2 Å². The van der Waals surface area contributed by atoms with Crippen molar-refractivity contribution in [1.29, 1.82) is 0 Å². The van der Waals surface area contributed by atoms with Gasteiger partial charge in [0, 0.05) is 88.1 Å². The fraction of sp³-hybridized carbons (Fsp3) is 0.488. The summed E-state index contributed by atoms with van der Waals surface area (Å²) in [4.78, 5) is 58.0. The maximum Gasteiger partial charge on any atom is 0.270 e. The number of hydrogen-bond acceptors (Lipinski definition) is 10. The van der Waals surface area contributed by atoms with E-state index in [0.717, 1.165) is 98.9 Å². The van der Waals surface area contributed by atoms with Crippen LogP contribution in [0, 0.1) is 5.41 Å². The van der Waals surface area contributed by atoms with Gasteiger partial charge in [-0.2, -0.15) is 10.1 Å². The summed E-state index contributed by atoms with van der Waals surface area (Å²) in [5.41, 5.74) is 5.03. The largest absolute Gasteiger partial charge is 0.371 e. The van der Waals surface area contributed by atoms with E-state index in [9.17, 15) is 14.4 Å². The van der Waals surface area contributed by atoms with E-state index in [1.807, 2.05) is 50.5 Å². The fourth-order valence-corrected chi connectivity index (χ4v) is 9.01. The first-order chi connectivity index (χ1) is 26.7. The van der Waals surface area contributed by atoms with Gasteiger partial charge in [0.05, 0.1) is 11.7 Å². The molecule has 1 unspecified atom stereocenters. The average Bonchev–Trinajstić information content (AvgIpc) is 3.95. The number of carbonyl (C=O) groups is 3. The molecule has 4 fully saturated rings. The first-order valence-corrected chi connectivity index (χ1v) is 19.8. The number of piperidine rings is 2. The van der Waals surface area contributed by atoms with Gasteiger partial charge >= 0.3 is 0 Å². The van der Waals surface area contributed by atoms with Crippen molar-refractivity contribution in [2.24, 2.45) is 5.41 Å². The van der Waals surface area contributed by atoms with E-state index in [1.54, 1.807) is 29.9 Å². The van der Waals surface area contributed by atoms with Crippen LogP contribution >= 0.6 is 0 Å². The second-order valence-corrected chi connectivity index (χ2v) is 15.6. The van der Waals surface area contributed by atoms with Gasteiger partial charge in [0.15, 0.2) is 0 Å². The molecular weight excluding hydrogens is 695 g/mol. The van der Waals surface area contributed by atoms with E-state index >= 15 is 0 Å². The third-order valence-electron chi connectivity index (χ3n) is 11.8. The standard InChI is InChI=1S/C39H45N11O3.C2H6/c1-46(2)37(53)32-18-26-20-41-38(45-35(26)49(32)27-6-3-4-7-27)43-33-12-10-25(19-40-33)22-47-23-39(24-47)14-16-48(17-15-39)29-8-5-9-30-28(29)21-42-50(30)31-11-13-34(51)44-36(31)52;1-2/h5,8-10,12,18-21,27,31H,3-4,6-7,11,13-17,22-24H2,1-2H3,(H,44,51,52)(H,40,41,43,45);1-2H3. The molecule has 0 radical (unpaired) electrons. The topological polar surface area (TPSA) is 146 Å². The van der Waals surface area contributed by atoms with E-state index < -0.39 is 6.04 Å². The van der Waals surface area contributed by atoms with Gasteiger partial charge in [-0.25, -0.2) is 9.97 Å². The molecule has 55 heavy (non-hydrogen) atoms. The van der Waals surface area contributed by atoms with E-state index in [4.69, 9.17) is 9.97 Å². The summed E-state index contributed by atoms with van der Waals surface area (Å²) in [6.07, 6.45) is 13.0. The molecule has 288 valence electrons. The maximum atomic E-state index is 13.1. The Hall–Kier alpha value is -5.37. The van der Waals surface area contributed by atoms with Crippen LogP contribution in [0.3, 0.4) is 0 Å². The van der Waals surface area contributed by atoms with Crippen molar-refractivity contribution in [1.82, 2.24) is 44.4 Å². The molecule has 1 saturated carbocycles. The van der Waals surface area contributed by atoms with Gasteiger partial charge in [0.1, 0.15) is 23.2 Å². The Morgan fingerprint density at radius 1 is 0.982 bits per heavy atom. The van der Waals surface area contributed by atoms with E-state index in [1.165, 1.54) is 5.56 Å². The lowest BCUT2D eigenvalue weighted by Gasteiger charge is -2.54. The number of benzene rings is 1. The average molecular weight is 746 g/mol. The van der Waals surface area contributed by atoms with Crippen LogP contribution in [-0.4, -0.2) is 97.1 Å². The molecule has 3 saturated heterocycles. The third kappa shape index (κ3) is 7.03. The fourth-order valence-electron chi connectivity index (χ4n) is 9.01. The maximum absolute atomic E-state index is 13.1. The smallest absolute Gasteiger partial charge is 0.270 e. The summed E-state index contributed by atoms with van der Waals surface area (Å²) < 4.78 is 3.90. The number of hydrogen-bond donors (Lipinski definition) is 2. The summed E-state index contributed by atoms with van der Waals surface area (Å²) in [7, 11) is 3.57. The number of likely N-dealkylation sites (tertiary alicyclic amines) is 1. The summed E-state index contributed by atoms with van der Waals surface area (Å²) in [5.74, 6) is 0.629. The third-order valence-corrected chi connectivity index (χ3v) is 11.8. The minimum atomic E-state index is -0.465. The number of fused-ring (bicyclic) bond motifs is 2. The number of nitrogens with zero attached hydrogens (tertiary/aromatic N) is 9. The van der Waals surface area contributed by atoms with Gasteiger partial charge in [0.2, 0.25) is 11.9 Å². The molecule has 4 aliphatic rings. The number of aromatic nitrogens is 6. The predicted octanol–water partition coefficient (Wildman–Crippen LogP) is 5.84. The number of pyridine rings is 1. The molecule has 5 aromatic rings. The number of anilines is 3. The van der Waals surface area contributed by atoms with Gasteiger partial charge in [-0.1, -0.05) is 38.8 Å². The highest BCUT2D eigenvalue weighted by atomic mass is 16.2. The lowest BCUT2D eigenvalue weighted by atomic mass is 9.72. The SMILES string of the molecule is CC.CN(C)C(=O)c1cc2cnc(Nc3ccc(CN4CC5(CCN(c6cccc7c6cnn7C6CCC(=O)NC6=O)CC5)C4)cn3)nc2n1C1CCCC1. The van der Waals surface area contributed by atoms with Crippen LogP contribution in [-0.2, 0) is 16.1 Å². The van der Waals surface area contributed by atoms with Crippen molar-refractivity contribution in [3.8, 4) is 0 Å². The molecule has 14 nitrogen and oxygen atoms in total. The molecule has 14 heteroatoms. The van der Waals surface area contributed by atoms with Crippen LogP contribution in [0.2, 0.25) is 0 Å². The van der Waals surface area contributed by atoms with Crippen LogP contribution in [0.4, 0.5) is 17.5 Å². The van der Waals surface area contributed by atoms with Gasteiger partial charge < -0.3 is 19.7 Å². The molecule has 7 heterocycles.